The van der Waals surface area contributed by atoms with Crippen LogP contribution in [0.3, 0.4) is 0 Å². The van der Waals surface area contributed by atoms with Crippen LogP contribution in [0.2, 0.25) is 0 Å². The van der Waals surface area contributed by atoms with Gasteiger partial charge in [0.05, 0.1) is 5.70 Å². The van der Waals surface area contributed by atoms with Gasteiger partial charge in [-0.3, -0.25) is 9.59 Å². The minimum Gasteiger partial charge on any atom is -0.349 e. The van der Waals surface area contributed by atoms with Crippen LogP contribution in [0.15, 0.2) is 59.1 Å². The number of benzene rings is 2. The molecule has 1 fully saturated rings. The fourth-order valence-electron chi connectivity index (χ4n) is 3.73. The van der Waals surface area contributed by atoms with E-state index in [4.69, 9.17) is 0 Å². The largest absolute Gasteiger partial charge is 0.349 e. The number of rotatable bonds is 3. The average molecular weight is 402 g/mol. The Bertz CT molecular complexity index is 1110. The first-order valence-electron chi connectivity index (χ1n) is 9.77. The molecule has 2 N–H and O–H groups in total. The maximum atomic E-state index is 13.1. The molecule has 6 nitrogen and oxygen atoms in total. The van der Waals surface area contributed by atoms with Crippen LogP contribution in [0.4, 0.5) is 4.39 Å². The zero-order valence-electron chi connectivity index (χ0n) is 16.1. The van der Waals surface area contributed by atoms with E-state index in [1.165, 1.54) is 24.3 Å². The van der Waals surface area contributed by atoms with Crippen molar-refractivity contribution in [3.63, 3.8) is 0 Å². The Balaban J connectivity index is 1.66. The molecule has 0 saturated heterocycles. The number of aliphatic imine (C=N–C) groups is 1. The number of nitrogens with zero attached hydrogens (tertiary/aromatic N) is 2. The van der Waals surface area contributed by atoms with Crippen molar-refractivity contribution in [3.05, 3.63) is 76.6 Å². The van der Waals surface area contributed by atoms with Crippen molar-refractivity contribution in [2.45, 2.75) is 31.7 Å². The summed E-state index contributed by atoms with van der Waals surface area (Å²) in [6.07, 6.45) is 3.92. The van der Waals surface area contributed by atoms with Crippen LogP contribution in [0, 0.1) is 17.1 Å². The molecule has 0 aromatic heterocycles. The summed E-state index contributed by atoms with van der Waals surface area (Å²) in [5.41, 5.74) is 1.64. The molecule has 2 aromatic carbocycles. The highest BCUT2D eigenvalue weighted by Gasteiger charge is 2.28. The second kappa shape index (κ2) is 8.29. The summed E-state index contributed by atoms with van der Waals surface area (Å²) in [5.74, 6) is -1.11. The standard InChI is InChI=1S/C23H19FN4O2/c24-15-11-9-14(10-12-15)22(29)28-21-18-8-4-3-7-17(18)20(27-21)19(13-25)23(30)26-16-5-1-2-6-16/h3-4,7-12,16H,1-2,5-6H2,(H,26,30)(H,27,28,29). The van der Waals surface area contributed by atoms with Crippen molar-refractivity contribution < 1.29 is 14.0 Å². The van der Waals surface area contributed by atoms with Gasteiger partial charge in [0, 0.05) is 22.7 Å². The number of nitriles is 1. The Labute approximate surface area is 173 Å². The van der Waals surface area contributed by atoms with Gasteiger partial charge in [0.15, 0.2) is 0 Å². The number of hydrogen-bond acceptors (Lipinski definition) is 4. The molecule has 150 valence electrons. The summed E-state index contributed by atoms with van der Waals surface area (Å²) in [5, 5.41) is 15.3. The molecule has 0 unspecified atom stereocenters. The lowest BCUT2D eigenvalue weighted by atomic mass is 10.0. The molecule has 1 aliphatic carbocycles. The molecule has 0 radical (unpaired) electrons. The molecule has 7 heteroatoms. The smallest absolute Gasteiger partial charge is 0.264 e. The van der Waals surface area contributed by atoms with E-state index in [0.717, 1.165) is 25.7 Å². The van der Waals surface area contributed by atoms with Crippen molar-refractivity contribution in [2.24, 2.45) is 4.99 Å². The Morgan fingerprint density at radius 1 is 1.03 bits per heavy atom. The molecule has 30 heavy (non-hydrogen) atoms. The van der Waals surface area contributed by atoms with Gasteiger partial charge in [-0.2, -0.15) is 5.26 Å². The van der Waals surface area contributed by atoms with Gasteiger partial charge in [-0.25, -0.2) is 9.38 Å². The van der Waals surface area contributed by atoms with Gasteiger partial charge < -0.3 is 10.6 Å². The van der Waals surface area contributed by atoms with Crippen molar-refractivity contribution in [1.82, 2.24) is 10.6 Å². The maximum Gasteiger partial charge on any atom is 0.264 e. The predicted molar refractivity (Wildman–Crippen MR) is 110 cm³/mol. The van der Waals surface area contributed by atoms with Gasteiger partial charge in [-0.05, 0) is 37.1 Å². The zero-order chi connectivity index (χ0) is 21.1. The topological polar surface area (TPSA) is 94.3 Å². The third-order valence-electron chi connectivity index (χ3n) is 5.27. The SMILES string of the molecule is N#CC(C(=O)NC1CCCC1)=C1N=C(NC(=O)c2ccc(F)cc2)c2ccccc21. The van der Waals surface area contributed by atoms with Gasteiger partial charge in [-0.1, -0.05) is 37.1 Å². The molecular weight excluding hydrogens is 383 g/mol. The van der Waals surface area contributed by atoms with Crippen LogP contribution >= 0.6 is 0 Å². The molecule has 1 heterocycles. The van der Waals surface area contributed by atoms with Crippen LogP contribution in [-0.2, 0) is 4.79 Å². The van der Waals surface area contributed by atoms with E-state index in [0.29, 0.717) is 11.1 Å². The Kier molecular flexibility index (Phi) is 5.40. The molecule has 1 saturated carbocycles. The third-order valence-corrected chi connectivity index (χ3v) is 5.27. The van der Waals surface area contributed by atoms with Crippen molar-refractivity contribution in [1.29, 1.82) is 5.26 Å². The van der Waals surface area contributed by atoms with Crippen LogP contribution in [0.25, 0.3) is 5.70 Å². The number of carbonyl (C=O) groups excluding carboxylic acids is 2. The molecule has 2 aromatic rings. The van der Waals surface area contributed by atoms with E-state index >= 15 is 0 Å². The highest BCUT2D eigenvalue weighted by Crippen LogP contribution is 2.31. The summed E-state index contributed by atoms with van der Waals surface area (Å²) >= 11 is 0. The Hall–Kier alpha value is -3.79. The van der Waals surface area contributed by atoms with E-state index in [1.54, 1.807) is 24.3 Å². The monoisotopic (exact) mass is 402 g/mol. The summed E-state index contributed by atoms with van der Waals surface area (Å²) in [4.78, 5) is 29.7. The minimum absolute atomic E-state index is 0.0692. The summed E-state index contributed by atoms with van der Waals surface area (Å²) < 4.78 is 13.1. The minimum atomic E-state index is -0.460. The maximum absolute atomic E-state index is 13.1. The molecule has 2 amide bonds. The van der Waals surface area contributed by atoms with Gasteiger partial charge in [0.25, 0.3) is 11.8 Å². The average Bonchev–Trinajstić information content (AvgIpc) is 3.38. The summed E-state index contributed by atoms with van der Waals surface area (Å²) in [6, 6.07) is 14.3. The van der Waals surface area contributed by atoms with Crippen molar-refractivity contribution in [2.75, 3.05) is 0 Å². The molecule has 4 rings (SSSR count). The van der Waals surface area contributed by atoms with Gasteiger partial charge >= 0.3 is 0 Å². The summed E-state index contributed by atoms with van der Waals surface area (Å²) in [6.45, 7) is 0. The van der Waals surface area contributed by atoms with E-state index in [-0.39, 0.29) is 28.7 Å². The number of amidine groups is 1. The highest BCUT2D eigenvalue weighted by molar-refractivity contribution is 6.20. The van der Waals surface area contributed by atoms with E-state index in [2.05, 4.69) is 15.6 Å². The van der Waals surface area contributed by atoms with Crippen LogP contribution in [-0.4, -0.2) is 23.7 Å². The number of fused-ring (bicyclic) bond motifs is 1. The fourth-order valence-corrected chi connectivity index (χ4v) is 3.73. The molecule has 0 bridgehead atoms. The van der Waals surface area contributed by atoms with Crippen LogP contribution in [0.5, 0.6) is 0 Å². The number of hydrogen-bond donors (Lipinski definition) is 2. The van der Waals surface area contributed by atoms with Gasteiger partial charge in [0.2, 0.25) is 0 Å². The molecule has 1 aliphatic heterocycles. The van der Waals surface area contributed by atoms with Crippen molar-refractivity contribution in [3.8, 4) is 6.07 Å². The first-order valence-corrected chi connectivity index (χ1v) is 9.77. The lowest BCUT2D eigenvalue weighted by Gasteiger charge is -2.11. The molecule has 0 spiro atoms. The fraction of sp³-hybridized carbons (Fsp3) is 0.217. The number of amides is 2. The highest BCUT2D eigenvalue weighted by atomic mass is 19.1. The first kappa shape index (κ1) is 19.5. The predicted octanol–water partition coefficient (Wildman–Crippen LogP) is 3.31. The van der Waals surface area contributed by atoms with E-state index in [9.17, 15) is 19.2 Å². The Morgan fingerprint density at radius 3 is 2.37 bits per heavy atom. The Morgan fingerprint density at radius 2 is 1.70 bits per heavy atom. The van der Waals surface area contributed by atoms with Crippen LogP contribution in [0.1, 0.15) is 47.2 Å². The first-order chi connectivity index (χ1) is 14.6. The molecule has 2 aliphatic rings. The second-order valence-corrected chi connectivity index (χ2v) is 7.26. The second-order valence-electron chi connectivity index (χ2n) is 7.26. The lowest BCUT2D eigenvalue weighted by Crippen LogP contribution is -2.33. The number of halogens is 1. The molecule has 0 atom stereocenters. The quantitative estimate of drug-likeness (QED) is 0.609. The van der Waals surface area contributed by atoms with E-state index < -0.39 is 17.6 Å². The lowest BCUT2D eigenvalue weighted by molar-refractivity contribution is -0.117. The summed E-state index contributed by atoms with van der Waals surface area (Å²) in [7, 11) is 0. The van der Waals surface area contributed by atoms with Crippen molar-refractivity contribution >= 4 is 23.3 Å². The number of nitrogens with one attached hydrogen (secondary N) is 2. The molecular formula is C23H19FN4O2. The zero-order valence-corrected chi connectivity index (χ0v) is 16.1. The number of carbonyl (C=O) groups is 2. The van der Waals surface area contributed by atoms with E-state index in [1.807, 2.05) is 6.07 Å². The third kappa shape index (κ3) is 3.85. The van der Waals surface area contributed by atoms with Crippen LogP contribution < -0.4 is 10.6 Å². The van der Waals surface area contributed by atoms with Gasteiger partial charge in [0.1, 0.15) is 23.3 Å². The normalized spacial score (nSPS) is 17.0. The van der Waals surface area contributed by atoms with Gasteiger partial charge in [-0.15, -0.1) is 0 Å².